The maximum Gasteiger partial charge on any atom is 0.119 e. The van der Waals surface area contributed by atoms with Crippen molar-refractivity contribution in [3.05, 3.63) is 29.8 Å². The fraction of sp³-hybridized carbons (Fsp3) is 0.647. The first-order valence-electron chi connectivity index (χ1n) is 7.43. The third kappa shape index (κ3) is 7.89. The maximum atomic E-state index is 5.55. The van der Waals surface area contributed by atoms with E-state index in [2.05, 4.69) is 38.1 Å². The van der Waals surface area contributed by atoms with E-state index in [0.29, 0.717) is 13.2 Å². The van der Waals surface area contributed by atoms with E-state index >= 15 is 0 Å². The Bertz CT molecular complexity index is 317. The molecule has 0 radical (unpaired) electrons. The molecule has 108 valence electrons. The summed E-state index contributed by atoms with van der Waals surface area (Å²) in [5, 5.41) is 0. The summed E-state index contributed by atoms with van der Waals surface area (Å²) >= 11 is 0. The first kappa shape index (κ1) is 16.0. The van der Waals surface area contributed by atoms with Gasteiger partial charge in [0.2, 0.25) is 0 Å². The molecule has 0 fully saturated rings. The van der Waals surface area contributed by atoms with Gasteiger partial charge in [-0.05, 0) is 36.5 Å². The van der Waals surface area contributed by atoms with Crippen molar-refractivity contribution in [3.8, 4) is 5.75 Å². The minimum atomic E-state index is 0.616. The van der Waals surface area contributed by atoms with E-state index in [1.807, 2.05) is 0 Å². The number of rotatable bonds is 10. The van der Waals surface area contributed by atoms with Crippen LogP contribution in [0.15, 0.2) is 24.3 Å². The molecule has 19 heavy (non-hydrogen) atoms. The third-order valence-electron chi connectivity index (χ3n) is 3.23. The van der Waals surface area contributed by atoms with Gasteiger partial charge in [-0.2, -0.15) is 0 Å². The summed E-state index contributed by atoms with van der Waals surface area (Å²) in [6.45, 7) is 5.84. The Morgan fingerprint density at radius 2 is 1.68 bits per heavy atom. The van der Waals surface area contributed by atoms with E-state index in [0.717, 1.165) is 11.7 Å². The predicted octanol–water partition coefficient (Wildman–Crippen LogP) is 4.47. The van der Waals surface area contributed by atoms with E-state index in [1.54, 1.807) is 7.11 Å². The van der Waals surface area contributed by atoms with E-state index in [9.17, 15) is 0 Å². The fourth-order valence-electron chi connectivity index (χ4n) is 2.05. The minimum absolute atomic E-state index is 0.616. The van der Waals surface area contributed by atoms with Gasteiger partial charge in [-0.3, -0.25) is 0 Å². The Balaban J connectivity index is 2.17. The van der Waals surface area contributed by atoms with Crippen molar-refractivity contribution in [3.63, 3.8) is 0 Å². The van der Waals surface area contributed by atoms with Gasteiger partial charge in [0.05, 0.1) is 6.61 Å². The van der Waals surface area contributed by atoms with Gasteiger partial charge in [0.25, 0.3) is 0 Å². The van der Waals surface area contributed by atoms with Crippen LogP contribution >= 0.6 is 0 Å². The highest BCUT2D eigenvalue weighted by molar-refractivity contribution is 5.27. The van der Waals surface area contributed by atoms with Crippen LogP contribution in [0.5, 0.6) is 5.75 Å². The zero-order valence-electron chi connectivity index (χ0n) is 12.7. The maximum absolute atomic E-state index is 5.55. The standard InChI is InChI=1S/C17H28O2/c1-15(2)7-5-4-6-8-16-9-11-17(12-10-16)19-14-13-18-3/h9-12,15H,4-8,13-14H2,1-3H3. The minimum Gasteiger partial charge on any atom is -0.491 e. The molecule has 0 heterocycles. The van der Waals surface area contributed by atoms with E-state index in [4.69, 9.17) is 9.47 Å². The van der Waals surface area contributed by atoms with Crippen molar-refractivity contribution in [2.45, 2.75) is 46.0 Å². The van der Waals surface area contributed by atoms with E-state index in [1.165, 1.54) is 37.7 Å². The summed E-state index contributed by atoms with van der Waals surface area (Å²) in [6, 6.07) is 8.45. The Hall–Kier alpha value is -1.02. The van der Waals surface area contributed by atoms with Crippen LogP contribution in [-0.4, -0.2) is 20.3 Å². The molecule has 0 unspecified atom stereocenters. The topological polar surface area (TPSA) is 18.5 Å². The molecule has 0 saturated carbocycles. The largest absolute Gasteiger partial charge is 0.491 e. The highest BCUT2D eigenvalue weighted by Gasteiger charge is 1.98. The van der Waals surface area contributed by atoms with Crippen LogP contribution in [0.2, 0.25) is 0 Å². The molecule has 0 aliphatic rings. The molecule has 0 spiro atoms. The molecule has 0 aliphatic carbocycles. The summed E-state index contributed by atoms with van der Waals surface area (Å²) < 4.78 is 10.5. The zero-order chi connectivity index (χ0) is 13.9. The average molecular weight is 264 g/mol. The van der Waals surface area contributed by atoms with Gasteiger partial charge in [0, 0.05) is 7.11 Å². The van der Waals surface area contributed by atoms with Crippen molar-refractivity contribution < 1.29 is 9.47 Å². The van der Waals surface area contributed by atoms with Gasteiger partial charge in [0.1, 0.15) is 12.4 Å². The molecule has 2 heteroatoms. The van der Waals surface area contributed by atoms with Crippen LogP contribution in [0.25, 0.3) is 0 Å². The monoisotopic (exact) mass is 264 g/mol. The van der Waals surface area contributed by atoms with Gasteiger partial charge in [-0.1, -0.05) is 45.2 Å². The number of hydrogen-bond donors (Lipinski definition) is 0. The number of unbranched alkanes of at least 4 members (excludes halogenated alkanes) is 2. The molecule has 1 rings (SSSR count). The lowest BCUT2D eigenvalue weighted by molar-refractivity contribution is 0.146. The number of aryl methyl sites for hydroxylation is 1. The molecule has 2 nitrogen and oxygen atoms in total. The highest BCUT2D eigenvalue weighted by atomic mass is 16.5. The number of ether oxygens (including phenoxy) is 2. The molecule has 0 aliphatic heterocycles. The van der Waals surface area contributed by atoms with Gasteiger partial charge < -0.3 is 9.47 Å². The molecule has 0 saturated heterocycles. The third-order valence-corrected chi connectivity index (χ3v) is 3.23. The SMILES string of the molecule is COCCOc1ccc(CCCCCC(C)C)cc1. The summed E-state index contributed by atoms with van der Waals surface area (Å²) in [5.74, 6) is 1.77. The molecule has 0 N–H and O–H groups in total. The second kappa shape index (κ2) is 9.85. The van der Waals surface area contributed by atoms with Gasteiger partial charge >= 0.3 is 0 Å². The van der Waals surface area contributed by atoms with Crippen molar-refractivity contribution in [1.82, 2.24) is 0 Å². The first-order chi connectivity index (χ1) is 9.22. The number of benzene rings is 1. The lowest BCUT2D eigenvalue weighted by Crippen LogP contribution is -2.04. The Morgan fingerprint density at radius 3 is 2.32 bits per heavy atom. The summed E-state index contributed by atoms with van der Waals surface area (Å²) in [6.07, 6.45) is 6.51. The van der Waals surface area contributed by atoms with Crippen molar-refractivity contribution in [2.75, 3.05) is 20.3 Å². The molecule has 1 aromatic rings. The molecular weight excluding hydrogens is 236 g/mol. The highest BCUT2D eigenvalue weighted by Crippen LogP contribution is 2.15. The van der Waals surface area contributed by atoms with Crippen LogP contribution in [-0.2, 0) is 11.2 Å². The molecule has 0 bridgehead atoms. The van der Waals surface area contributed by atoms with Crippen LogP contribution in [0.4, 0.5) is 0 Å². The van der Waals surface area contributed by atoms with Crippen molar-refractivity contribution >= 4 is 0 Å². The quantitative estimate of drug-likeness (QED) is 0.580. The molecular formula is C17H28O2. The van der Waals surface area contributed by atoms with Crippen molar-refractivity contribution in [2.24, 2.45) is 5.92 Å². The van der Waals surface area contributed by atoms with Crippen LogP contribution in [0, 0.1) is 5.92 Å². The van der Waals surface area contributed by atoms with Gasteiger partial charge in [0.15, 0.2) is 0 Å². The Morgan fingerprint density at radius 1 is 0.947 bits per heavy atom. The second-order valence-corrected chi connectivity index (χ2v) is 5.48. The smallest absolute Gasteiger partial charge is 0.119 e. The average Bonchev–Trinajstić information content (AvgIpc) is 2.40. The summed E-state index contributed by atoms with van der Waals surface area (Å²) in [5.41, 5.74) is 1.41. The van der Waals surface area contributed by atoms with Gasteiger partial charge in [-0.25, -0.2) is 0 Å². The Kier molecular flexibility index (Phi) is 8.31. The zero-order valence-corrected chi connectivity index (χ0v) is 12.7. The first-order valence-corrected chi connectivity index (χ1v) is 7.43. The molecule has 1 aromatic carbocycles. The van der Waals surface area contributed by atoms with Crippen LogP contribution in [0.3, 0.4) is 0 Å². The number of methoxy groups -OCH3 is 1. The van der Waals surface area contributed by atoms with Crippen LogP contribution < -0.4 is 4.74 Å². The lowest BCUT2D eigenvalue weighted by Gasteiger charge is -2.07. The van der Waals surface area contributed by atoms with Crippen molar-refractivity contribution in [1.29, 1.82) is 0 Å². The van der Waals surface area contributed by atoms with Gasteiger partial charge in [-0.15, -0.1) is 0 Å². The Labute approximate surface area is 118 Å². The summed E-state index contributed by atoms with van der Waals surface area (Å²) in [4.78, 5) is 0. The predicted molar refractivity (Wildman–Crippen MR) is 80.8 cm³/mol. The second-order valence-electron chi connectivity index (χ2n) is 5.48. The molecule has 0 aromatic heterocycles. The van der Waals surface area contributed by atoms with E-state index < -0.39 is 0 Å². The molecule has 0 atom stereocenters. The number of hydrogen-bond acceptors (Lipinski definition) is 2. The fourth-order valence-corrected chi connectivity index (χ4v) is 2.05. The van der Waals surface area contributed by atoms with Crippen LogP contribution in [0.1, 0.15) is 45.1 Å². The van der Waals surface area contributed by atoms with E-state index in [-0.39, 0.29) is 0 Å². The molecule has 0 amide bonds. The lowest BCUT2D eigenvalue weighted by atomic mass is 10.0. The summed E-state index contributed by atoms with van der Waals surface area (Å²) in [7, 11) is 1.69. The normalized spacial score (nSPS) is 10.9.